The van der Waals surface area contributed by atoms with Gasteiger partial charge in [-0.3, -0.25) is 0 Å². The lowest BCUT2D eigenvalue weighted by Gasteiger charge is -2.42. The van der Waals surface area contributed by atoms with Crippen molar-refractivity contribution in [1.82, 2.24) is 0 Å². The zero-order valence-electron chi connectivity index (χ0n) is 11.8. The lowest BCUT2D eigenvalue weighted by Crippen LogP contribution is -2.43. The Morgan fingerprint density at radius 2 is 1.47 bits per heavy atom. The summed E-state index contributed by atoms with van der Waals surface area (Å²) in [4.78, 5) is 0. The SMILES string of the molecule is CC1(C)COC(C)(c2cccc3ccccc23)OC1. The largest absolute Gasteiger partial charge is 0.345 e. The van der Waals surface area contributed by atoms with E-state index in [9.17, 15) is 0 Å². The molecule has 0 amide bonds. The summed E-state index contributed by atoms with van der Waals surface area (Å²) in [6.45, 7) is 7.77. The monoisotopic (exact) mass is 256 g/mol. The minimum absolute atomic E-state index is 0.0874. The Labute approximate surface area is 114 Å². The number of fused-ring (bicyclic) bond motifs is 1. The van der Waals surface area contributed by atoms with Crippen LogP contribution in [-0.4, -0.2) is 13.2 Å². The van der Waals surface area contributed by atoms with Crippen LogP contribution in [0, 0.1) is 5.41 Å². The van der Waals surface area contributed by atoms with Crippen molar-refractivity contribution >= 4 is 10.8 Å². The highest BCUT2D eigenvalue weighted by Crippen LogP contribution is 2.38. The molecule has 1 aliphatic rings. The van der Waals surface area contributed by atoms with Gasteiger partial charge in [-0.25, -0.2) is 0 Å². The molecule has 19 heavy (non-hydrogen) atoms. The minimum atomic E-state index is -0.642. The highest BCUT2D eigenvalue weighted by atomic mass is 16.7. The van der Waals surface area contributed by atoms with Gasteiger partial charge in [0, 0.05) is 11.0 Å². The predicted molar refractivity (Wildman–Crippen MR) is 77.0 cm³/mol. The molecule has 0 atom stereocenters. The molecular formula is C17H20O2. The van der Waals surface area contributed by atoms with E-state index in [2.05, 4.69) is 56.3 Å². The van der Waals surface area contributed by atoms with Crippen LogP contribution >= 0.6 is 0 Å². The second-order valence-corrected chi connectivity index (χ2v) is 6.21. The highest BCUT2D eigenvalue weighted by molar-refractivity contribution is 5.86. The Bertz CT molecular complexity index is 586. The maximum absolute atomic E-state index is 6.05. The van der Waals surface area contributed by atoms with Crippen molar-refractivity contribution in [2.75, 3.05) is 13.2 Å². The Morgan fingerprint density at radius 3 is 2.21 bits per heavy atom. The fourth-order valence-electron chi connectivity index (χ4n) is 2.53. The van der Waals surface area contributed by atoms with Crippen LogP contribution in [0.5, 0.6) is 0 Å². The fraction of sp³-hybridized carbons (Fsp3) is 0.412. The van der Waals surface area contributed by atoms with Crippen LogP contribution < -0.4 is 0 Å². The molecule has 1 heterocycles. The molecule has 1 fully saturated rings. The first-order chi connectivity index (χ1) is 9.00. The average Bonchev–Trinajstić information content (AvgIpc) is 2.42. The standard InChI is InChI=1S/C17H20O2/c1-16(2)11-18-17(3,19-12-16)15-10-6-8-13-7-4-5-9-14(13)15/h4-10H,11-12H2,1-3H3. The quantitative estimate of drug-likeness (QED) is 0.765. The van der Waals surface area contributed by atoms with E-state index in [-0.39, 0.29) is 5.41 Å². The topological polar surface area (TPSA) is 18.5 Å². The van der Waals surface area contributed by atoms with Crippen LogP contribution in [0.3, 0.4) is 0 Å². The molecule has 0 aromatic heterocycles. The van der Waals surface area contributed by atoms with Gasteiger partial charge in [0.2, 0.25) is 0 Å². The first kappa shape index (κ1) is 12.6. The van der Waals surface area contributed by atoms with E-state index in [1.165, 1.54) is 10.8 Å². The first-order valence-corrected chi connectivity index (χ1v) is 6.76. The minimum Gasteiger partial charge on any atom is -0.345 e. The van der Waals surface area contributed by atoms with Gasteiger partial charge in [0.15, 0.2) is 5.79 Å². The Kier molecular flexibility index (Phi) is 2.88. The Balaban J connectivity index is 2.05. The molecule has 0 N–H and O–H groups in total. The second kappa shape index (κ2) is 4.32. The zero-order valence-corrected chi connectivity index (χ0v) is 11.8. The smallest absolute Gasteiger partial charge is 0.192 e. The molecule has 2 nitrogen and oxygen atoms in total. The van der Waals surface area contributed by atoms with Crippen molar-refractivity contribution < 1.29 is 9.47 Å². The fourth-order valence-corrected chi connectivity index (χ4v) is 2.53. The molecule has 0 saturated carbocycles. The van der Waals surface area contributed by atoms with E-state index in [1.54, 1.807) is 0 Å². The van der Waals surface area contributed by atoms with Crippen LogP contribution in [0.15, 0.2) is 42.5 Å². The van der Waals surface area contributed by atoms with Gasteiger partial charge in [0.25, 0.3) is 0 Å². The van der Waals surface area contributed by atoms with E-state index in [0.29, 0.717) is 13.2 Å². The summed E-state index contributed by atoms with van der Waals surface area (Å²) in [7, 11) is 0. The molecule has 1 aliphatic heterocycles. The van der Waals surface area contributed by atoms with Crippen LogP contribution in [0.25, 0.3) is 10.8 Å². The number of ether oxygens (including phenoxy) is 2. The lowest BCUT2D eigenvalue weighted by molar-refractivity contribution is -0.297. The molecule has 1 saturated heterocycles. The van der Waals surface area contributed by atoms with Gasteiger partial charge in [0.1, 0.15) is 0 Å². The van der Waals surface area contributed by atoms with E-state index in [4.69, 9.17) is 9.47 Å². The summed E-state index contributed by atoms with van der Waals surface area (Å²) < 4.78 is 12.1. The average molecular weight is 256 g/mol. The second-order valence-electron chi connectivity index (χ2n) is 6.21. The zero-order chi connectivity index (χ0) is 13.5. The summed E-state index contributed by atoms with van der Waals surface area (Å²) in [6, 6.07) is 14.6. The maximum Gasteiger partial charge on any atom is 0.192 e. The summed E-state index contributed by atoms with van der Waals surface area (Å²) in [5.41, 5.74) is 1.20. The molecule has 2 aromatic carbocycles. The summed E-state index contributed by atoms with van der Waals surface area (Å²) in [6.07, 6.45) is 0. The molecule has 0 unspecified atom stereocenters. The molecule has 2 aromatic rings. The summed E-state index contributed by atoms with van der Waals surface area (Å²) in [5.74, 6) is -0.642. The molecule has 0 radical (unpaired) electrons. The van der Waals surface area contributed by atoms with Crippen molar-refractivity contribution in [2.45, 2.75) is 26.6 Å². The third-order valence-corrected chi connectivity index (χ3v) is 3.76. The van der Waals surface area contributed by atoms with Gasteiger partial charge in [-0.05, 0) is 17.7 Å². The maximum atomic E-state index is 6.05. The Hall–Kier alpha value is -1.38. The molecule has 0 aliphatic carbocycles. The van der Waals surface area contributed by atoms with E-state index < -0.39 is 5.79 Å². The predicted octanol–water partition coefficient (Wildman–Crippen LogP) is 4.09. The molecule has 0 spiro atoms. The molecule has 0 bridgehead atoms. The third-order valence-electron chi connectivity index (χ3n) is 3.76. The van der Waals surface area contributed by atoms with Crippen molar-refractivity contribution in [3.8, 4) is 0 Å². The van der Waals surface area contributed by atoms with E-state index in [1.807, 2.05) is 6.92 Å². The van der Waals surface area contributed by atoms with Crippen LogP contribution in [-0.2, 0) is 15.3 Å². The number of hydrogen-bond donors (Lipinski definition) is 0. The van der Waals surface area contributed by atoms with Crippen molar-refractivity contribution in [2.24, 2.45) is 5.41 Å². The molecule has 3 rings (SSSR count). The van der Waals surface area contributed by atoms with Gasteiger partial charge >= 0.3 is 0 Å². The molecular weight excluding hydrogens is 236 g/mol. The molecule has 2 heteroatoms. The first-order valence-electron chi connectivity index (χ1n) is 6.76. The summed E-state index contributed by atoms with van der Waals surface area (Å²) in [5, 5.41) is 2.42. The van der Waals surface area contributed by atoms with Gasteiger partial charge in [-0.1, -0.05) is 56.3 Å². The van der Waals surface area contributed by atoms with Crippen molar-refractivity contribution in [3.05, 3.63) is 48.0 Å². The third kappa shape index (κ3) is 2.26. The van der Waals surface area contributed by atoms with E-state index >= 15 is 0 Å². The van der Waals surface area contributed by atoms with Gasteiger partial charge in [-0.15, -0.1) is 0 Å². The van der Waals surface area contributed by atoms with Crippen LogP contribution in [0.1, 0.15) is 26.3 Å². The summed E-state index contributed by atoms with van der Waals surface area (Å²) >= 11 is 0. The molecule has 100 valence electrons. The highest BCUT2D eigenvalue weighted by Gasteiger charge is 2.38. The lowest BCUT2D eigenvalue weighted by atomic mass is 9.92. The number of hydrogen-bond acceptors (Lipinski definition) is 2. The van der Waals surface area contributed by atoms with Crippen LogP contribution in [0.4, 0.5) is 0 Å². The van der Waals surface area contributed by atoms with Gasteiger partial charge in [0.05, 0.1) is 13.2 Å². The van der Waals surface area contributed by atoms with Crippen molar-refractivity contribution in [1.29, 1.82) is 0 Å². The van der Waals surface area contributed by atoms with E-state index in [0.717, 1.165) is 5.56 Å². The van der Waals surface area contributed by atoms with Crippen molar-refractivity contribution in [3.63, 3.8) is 0 Å². The van der Waals surface area contributed by atoms with Crippen LogP contribution in [0.2, 0.25) is 0 Å². The number of rotatable bonds is 1. The van der Waals surface area contributed by atoms with Gasteiger partial charge < -0.3 is 9.47 Å². The van der Waals surface area contributed by atoms with Gasteiger partial charge in [-0.2, -0.15) is 0 Å². The normalized spacial score (nSPS) is 21.4. The Morgan fingerprint density at radius 1 is 0.842 bits per heavy atom. The number of benzene rings is 2.